The minimum absolute atomic E-state index is 0.0957. The smallest absolute Gasteiger partial charge is 0.0602 e. The zero-order valence-electron chi connectivity index (χ0n) is 20.3. The molecule has 0 heterocycles. The Morgan fingerprint density at radius 3 is 2.35 bits per heavy atom. The summed E-state index contributed by atoms with van der Waals surface area (Å²) in [6.07, 6.45) is 9.27. The maximum atomic E-state index is 11.6. The minimum Gasteiger partial charge on any atom is -0.396 e. The van der Waals surface area contributed by atoms with Gasteiger partial charge in [0.2, 0.25) is 0 Å². The highest BCUT2D eigenvalue weighted by atomic mass is 16.3. The molecule has 0 aromatic rings. The molecule has 0 aliphatic heterocycles. The van der Waals surface area contributed by atoms with Gasteiger partial charge in [-0.3, -0.25) is 0 Å². The SMILES string of the molecule is C[C@@H](CO)CCC[C@@H](C)[C@H]1CC[C@H]2[C@@H]3[C@H](O)C[C@@H]4C[C@H](O)CC[C@]4(C)[C@H]3C[C@H](O)[C@]12C. The first-order valence-electron chi connectivity index (χ1n) is 13.3. The van der Waals surface area contributed by atoms with Crippen LogP contribution < -0.4 is 0 Å². The van der Waals surface area contributed by atoms with E-state index in [0.29, 0.717) is 41.4 Å². The standard InChI is InChI=1S/C27H48O4/c1-16(15-28)6-5-7-17(2)20-8-9-21-25-22(14-24(31)27(20,21)4)26(3)11-10-19(29)12-18(26)13-23(25)30/h16-25,28-31H,5-15H2,1-4H3/t16-,17-,18+,19-,20-,21+,22+,23-,24+,25+,26+,27-/m1/s1. The van der Waals surface area contributed by atoms with Gasteiger partial charge in [0.1, 0.15) is 0 Å². The van der Waals surface area contributed by atoms with Gasteiger partial charge in [0.15, 0.2) is 0 Å². The van der Waals surface area contributed by atoms with E-state index in [1.165, 1.54) is 12.8 Å². The van der Waals surface area contributed by atoms with E-state index in [0.717, 1.165) is 51.4 Å². The van der Waals surface area contributed by atoms with E-state index in [-0.39, 0.29) is 35.7 Å². The van der Waals surface area contributed by atoms with Crippen LogP contribution in [0.3, 0.4) is 0 Å². The van der Waals surface area contributed by atoms with Crippen LogP contribution in [0.2, 0.25) is 0 Å². The molecule has 4 N–H and O–H groups in total. The maximum absolute atomic E-state index is 11.6. The molecule has 4 rings (SSSR count). The fourth-order valence-electron chi connectivity index (χ4n) is 9.21. The second-order valence-electron chi connectivity index (χ2n) is 12.7. The zero-order valence-corrected chi connectivity index (χ0v) is 20.3. The van der Waals surface area contributed by atoms with E-state index in [9.17, 15) is 20.4 Å². The van der Waals surface area contributed by atoms with Crippen molar-refractivity contribution in [2.45, 2.75) is 110 Å². The predicted octanol–water partition coefficient (Wildman–Crippen LogP) is 4.38. The summed E-state index contributed by atoms with van der Waals surface area (Å²) in [4.78, 5) is 0. The van der Waals surface area contributed by atoms with E-state index in [1.54, 1.807) is 0 Å². The monoisotopic (exact) mass is 436 g/mol. The van der Waals surface area contributed by atoms with Crippen LogP contribution >= 0.6 is 0 Å². The van der Waals surface area contributed by atoms with Crippen molar-refractivity contribution in [3.05, 3.63) is 0 Å². The number of aliphatic hydroxyl groups excluding tert-OH is 4. The molecule has 0 unspecified atom stereocenters. The van der Waals surface area contributed by atoms with Crippen LogP contribution in [0.5, 0.6) is 0 Å². The summed E-state index contributed by atoms with van der Waals surface area (Å²) >= 11 is 0. The summed E-state index contributed by atoms with van der Waals surface area (Å²) in [5, 5.41) is 42.6. The van der Waals surface area contributed by atoms with Gasteiger partial charge in [-0.2, -0.15) is 0 Å². The third kappa shape index (κ3) is 3.92. The average Bonchev–Trinajstić information content (AvgIpc) is 3.08. The molecule has 0 bridgehead atoms. The lowest BCUT2D eigenvalue weighted by molar-refractivity contribution is -0.207. The molecule has 0 aromatic heterocycles. The summed E-state index contributed by atoms with van der Waals surface area (Å²) in [6.45, 7) is 9.51. The minimum atomic E-state index is -0.292. The highest BCUT2D eigenvalue weighted by molar-refractivity contribution is 5.14. The molecule has 0 amide bonds. The van der Waals surface area contributed by atoms with Crippen LogP contribution in [0.4, 0.5) is 0 Å². The molecule has 4 nitrogen and oxygen atoms in total. The first-order chi connectivity index (χ1) is 14.6. The fourth-order valence-corrected chi connectivity index (χ4v) is 9.21. The molecule has 4 aliphatic rings. The number of rotatable bonds is 6. The normalized spacial score (nSPS) is 51.5. The lowest BCUT2D eigenvalue weighted by Gasteiger charge is -2.63. The van der Waals surface area contributed by atoms with E-state index < -0.39 is 0 Å². The molecular weight excluding hydrogens is 388 g/mol. The van der Waals surface area contributed by atoms with Gasteiger partial charge >= 0.3 is 0 Å². The molecule has 0 aromatic carbocycles. The van der Waals surface area contributed by atoms with Crippen LogP contribution in [0.15, 0.2) is 0 Å². The third-order valence-corrected chi connectivity index (χ3v) is 11.2. The Morgan fingerprint density at radius 2 is 1.65 bits per heavy atom. The molecule has 0 radical (unpaired) electrons. The van der Waals surface area contributed by atoms with Crippen molar-refractivity contribution in [3.63, 3.8) is 0 Å². The summed E-state index contributed by atoms with van der Waals surface area (Å²) in [5.41, 5.74) is 0.0527. The van der Waals surface area contributed by atoms with Crippen molar-refractivity contribution in [2.75, 3.05) is 6.61 Å². The van der Waals surface area contributed by atoms with Gasteiger partial charge in [-0.25, -0.2) is 0 Å². The van der Waals surface area contributed by atoms with Crippen LogP contribution in [0.1, 0.15) is 91.9 Å². The summed E-state index contributed by atoms with van der Waals surface area (Å²) in [5.74, 6) is 2.93. The number of aliphatic hydroxyl groups is 4. The largest absolute Gasteiger partial charge is 0.396 e. The Bertz CT molecular complexity index is 624. The number of fused-ring (bicyclic) bond motifs is 5. The first-order valence-corrected chi connectivity index (χ1v) is 13.3. The Morgan fingerprint density at radius 1 is 0.903 bits per heavy atom. The second kappa shape index (κ2) is 8.89. The maximum Gasteiger partial charge on any atom is 0.0602 e. The average molecular weight is 437 g/mol. The summed E-state index contributed by atoms with van der Waals surface area (Å²) in [6, 6.07) is 0. The third-order valence-electron chi connectivity index (χ3n) is 11.2. The van der Waals surface area contributed by atoms with Gasteiger partial charge in [0.25, 0.3) is 0 Å². The molecule has 180 valence electrons. The topological polar surface area (TPSA) is 80.9 Å². The molecule has 12 atom stereocenters. The van der Waals surface area contributed by atoms with Crippen LogP contribution in [-0.2, 0) is 0 Å². The zero-order chi connectivity index (χ0) is 22.6. The first kappa shape index (κ1) is 24.0. The Labute approximate surface area is 189 Å². The molecule has 4 aliphatic carbocycles. The van der Waals surface area contributed by atoms with Crippen molar-refractivity contribution in [2.24, 2.45) is 52.3 Å². The van der Waals surface area contributed by atoms with Crippen molar-refractivity contribution in [1.29, 1.82) is 0 Å². The predicted molar refractivity (Wildman–Crippen MR) is 123 cm³/mol. The lowest BCUT2D eigenvalue weighted by atomic mass is 9.43. The van der Waals surface area contributed by atoms with Gasteiger partial charge in [-0.1, -0.05) is 40.5 Å². The molecule has 4 fully saturated rings. The second-order valence-corrected chi connectivity index (χ2v) is 12.7. The van der Waals surface area contributed by atoms with Crippen LogP contribution in [-0.4, -0.2) is 45.3 Å². The molecule has 31 heavy (non-hydrogen) atoms. The quantitative estimate of drug-likeness (QED) is 0.498. The van der Waals surface area contributed by atoms with Gasteiger partial charge in [-0.15, -0.1) is 0 Å². The highest BCUT2D eigenvalue weighted by Gasteiger charge is 2.65. The van der Waals surface area contributed by atoms with E-state index >= 15 is 0 Å². The van der Waals surface area contributed by atoms with Gasteiger partial charge in [0.05, 0.1) is 18.3 Å². The Balaban J connectivity index is 1.52. The van der Waals surface area contributed by atoms with E-state index in [1.807, 2.05) is 0 Å². The molecular formula is C27H48O4. The highest BCUT2D eigenvalue weighted by Crippen LogP contribution is 2.68. The summed E-state index contributed by atoms with van der Waals surface area (Å²) in [7, 11) is 0. The van der Waals surface area contributed by atoms with Crippen molar-refractivity contribution < 1.29 is 20.4 Å². The fraction of sp³-hybridized carbons (Fsp3) is 1.00. The molecule has 4 saturated carbocycles. The van der Waals surface area contributed by atoms with Crippen molar-refractivity contribution in [3.8, 4) is 0 Å². The van der Waals surface area contributed by atoms with Crippen molar-refractivity contribution in [1.82, 2.24) is 0 Å². The molecule has 0 spiro atoms. The van der Waals surface area contributed by atoms with Crippen LogP contribution in [0, 0.1) is 52.3 Å². The van der Waals surface area contributed by atoms with Gasteiger partial charge in [-0.05, 0) is 104 Å². The van der Waals surface area contributed by atoms with Gasteiger partial charge in [0, 0.05) is 6.61 Å². The Kier molecular flexibility index (Phi) is 6.88. The summed E-state index contributed by atoms with van der Waals surface area (Å²) < 4.78 is 0. The van der Waals surface area contributed by atoms with E-state index in [4.69, 9.17) is 0 Å². The van der Waals surface area contributed by atoms with Crippen LogP contribution in [0.25, 0.3) is 0 Å². The van der Waals surface area contributed by atoms with Crippen molar-refractivity contribution >= 4 is 0 Å². The molecule has 0 saturated heterocycles. The molecule has 4 heteroatoms. The van der Waals surface area contributed by atoms with Gasteiger partial charge < -0.3 is 20.4 Å². The van der Waals surface area contributed by atoms with E-state index in [2.05, 4.69) is 27.7 Å². The number of hydrogen-bond donors (Lipinski definition) is 4. The lowest BCUT2D eigenvalue weighted by Crippen LogP contribution is -2.62. The number of hydrogen-bond acceptors (Lipinski definition) is 4. The Hall–Kier alpha value is -0.160.